The average Bonchev–Trinajstić information content (AvgIpc) is 2.09. The summed E-state index contributed by atoms with van der Waals surface area (Å²) in [5.41, 5.74) is 9.12. The van der Waals surface area contributed by atoms with Crippen LogP contribution in [-0.2, 0) is 0 Å². The van der Waals surface area contributed by atoms with Crippen molar-refractivity contribution in [3.63, 3.8) is 0 Å². The maximum Gasteiger partial charge on any atom is 0.0763 e. The lowest BCUT2D eigenvalue weighted by Gasteiger charge is -2.12. The number of nitrogens with one attached hydrogen (secondary N) is 2. The van der Waals surface area contributed by atoms with Crippen molar-refractivity contribution in [2.75, 3.05) is 10.9 Å². The highest BCUT2D eigenvalue weighted by Crippen LogP contribution is 2.26. The first-order chi connectivity index (χ1) is 5.70. The molecule has 0 atom stereocenters. The van der Waals surface area contributed by atoms with Crippen LogP contribution in [0.5, 0.6) is 0 Å². The second-order valence-electron chi connectivity index (χ2n) is 2.72. The van der Waals surface area contributed by atoms with Gasteiger partial charge in [-0.15, -0.1) is 0 Å². The molecular weight excluding hydrogens is 152 g/mol. The molecule has 0 bridgehead atoms. The number of aryl methyl sites for hydroxylation is 1. The van der Waals surface area contributed by atoms with Crippen molar-refractivity contribution in [2.24, 2.45) is 11.7 Å². The summed E-state index contributed by atoms with van der Waals surface area (Å²) in [6, 6.07) is 3.88. The molecule has 4 nitrogen and oxygen atoms in total. The van der Waals surface area contributed by atoms with Crippen molar-refractivity contribution in [1.29, 1.82) is 0 Å². The van der Waals surface area contributed by atoms with Crippen molar-refractivity contribution in [3.05, 3.63) is 23.3 Å². The van der Waals surface area contributed by atoms with Crippen molar-refractivity contribution in [2.45, 2.75) is 13.8 Å². The minimum Gasteiger partial charge on any atom is -0.322 e. The smallest absolute Gasteiger partial charge is 0.0763 e. The monoisotopic (exact) mass is 166 g/mol. The van der Waals surface area contributed by atoms with Gasteiger partial charge >= 0.3 is 0 Å². The van der Waals surface area contributed by atoms with Crippen LogP contribution < -0.4 is 22.5 Å². The quantitative estimate of drug-likeness (QED) is 0.388. The van der Waals surface area contributed by atoms with Gasteiger partial charge < -0.3 is 10.9 Å². The van der Waals surface area contributed by atoms with Crippen LogP contribution in [-0.4, -0.2) is 0 Å². The molecule has 0 aliphatic carbocycles. The van der Waals surface area contributed by atoms with Crippen LogP contribution >= 0.6 is 0 Å². The van der Waals surface area contributed by atoms with Crippen LogP contribution in [0.2, 0.25) is 0 Å². The number of nitrogens with two attached hydrogens (primary N) is 2. The fraction of sp³-hybridized carbons (Fsp3) is 0.250. The van der Waals surface area contributed by atoms with E-state index >= 15 is 0 Å². The molecule has 0 saturated carbocycles. The molecule has 0 radical (unpaired) electrons. The molecule has 0 aromatic heterocycles. The van der Waals surface area contributed by atoms with Gasteiger partial charge in [0.05, 0.1) is 11.4 Å². The first kappa shape index (κ1) is 8.83. The van der Waals surface area contributed by atoms with Crippen LogP contribution in [0.1, 0.15) is 11.1 Å². The van der Waals surface area contributed by atoms with Crippen LogP contribution in [0.25, 0.3) is 0 Å². The summed E-state index contributed by atoms with van der Waals surface area (Å²) in [7, 11) is 0. The lowest BCUT2D eigenvalue weighted by Crippen LogP contribution is -2.15. The van der Waals surface area contributed by atoms with Crippen LogP contribution in [0.3, 0.4) is 0 Å². The maximum atomic E-state index is 5.35. The number of rotatable bonds is 2. The largest absolute Gasteiger partial charge is 0.322 e. The van der Waals surface area contributed by atoms with Crippen molar-refractivity contribution < 1.29 is 0 Å². The zero-order valence-corrected chi connectivity index (χ0v) is 7.31. The summed E-state index contributed by atoms with van der Waals surface area (Å²) < 4.78 is 0. The third-order valence-electron chi connectivity index (χ3n) is 2.04. The summed E-state index contributed by atoms with van der Waals surface area (Å²) >= 11 is 0. The Morgan fingerprint density at radius 1 is 1.08 bits per heavy atom. The zero-order valence-electron chi connectivity index (χ0n) is 7.31. The second-order valence-corrected chi connectivity index (χ2v) is 2.72. The molecule has 0 saturated heterocycles. The third kappa shape index (κ3) is 1.34. The van der Waals surface area contributed by atoms with Gasteiger partial charge in [0.15, 0.2) is 0 Å². The molecule has 4 heteroatoms. The van der Waals surface area contributed by atoms with E-state index in [2.05, 4.69) is 10.9 Å². The number of hydrogen-bond acceptors (Lipinski definition) is 4. The van der Waals surface area contributed by atoms with E-state index in [-0.39, 0.29) is 0 Å². The first-order valence-electron chi connectivity index (χ1n) is 3.74. The maximum absolute atomic E-state index is 5.35. The Hall–Kier alpha value is -1.26. The molecule has 1 rings (SSSR count). The van der Waals surface area contributed by atoms with Crippen LogP contribution in [0.15, 0.2) is 12.1 Å². The third-order valence-corrected chi connectivity index (χ3v) is 2.04. The Labute approximate surface area is 71.9 Å². The molecule has 0 unspecified atom stereocenters. The molecule has 6 N–H and O–H groups in total. The summed E-state index contributed by atoms with van der Waals surface area (Å²) in [4.78, 5) is 0. The Balaban J connectivity index is 3.25. The van der Waals surface area contributed by atoms with Crippen LogP contribution in [0, 0.1) is 13.8 Å². The van der Waals surface area contributed by atoms with Gasteiger partial charge in [-0.1, -0.05) is 6.07 Å². The van der Waals surface area contributed by atoms with E-state index in [1.807, 2.05) is 26.0 Å². The van der Waals surface area contributed by atoms with Gasteiger partial charge in [0.1, 0.15) is 0 Å². The predicted octanol–water partition coefficient (Wildman–Crippen LogP) is 0.875. The fourth-order valence-electron chi connectivity index (χ4n) is 1.12. The lowest BCUT2D eigenvalue weighted by molar-refractivity contribution is 1.24. The predicted molar refractivity (Wildman–Crippen MR) is 51.5 cm³/mol. The number of benzene rings is 1. The van der Waals surface area contributed by atoms with E-state index < -0.39 is 0 Å². The SMILES string of the molecule is Cc1ccc(NN)c(NN)c1C. The number of hydrogen-bond donors (Lipinski definition) is 4. The van der Waals surface area contributed by atoms with Crippen molar-refractivity contribution in [1.82, 2.24) is 0 Å². The van der Waals surface area contributed by atoms with E-state index in [4.69, 9.17) is 11.7 Å². The molecule has 1 aromatic carbocycles. The second kappa shape index (κ2) is 3.42. The topological polar surface area (TPSA) is 76.1 Å². The number of hydrazine groups is 2. The molecule has 0 aliphatic heterocycles. The van der Waals surface area contributed by atoms with Gasteiger partial charge in [0.25, 0.3) is 0 Å². The highest BCUT2D eigenvalue weighted by molar-refractivity contribution is 5.72. The fourth-order valence-corrected chi connectivity index (χ4v) is 1.12. The molecule has 0 fully saturated rings. The van der Waals surface area contributed by atoms with E-state index in [9.17, 15) is 0 Å². The summed E-state index contributed by atoms with van der Waals surface area (Å²) in [5, 5.41) is 0. The Morgan fingerprint density at radius 3 is 2.25 bits per heavy atom. The van der Waals surface area contributed by atoms with Crippen molar-refractivity contribution in [3.8, 4) is 0 Å². The number of anilines is 2. The Kier molecular flexibility index (Phi) is 2.52. The average molecular weight is 166 g/mol. The molecule has 66 valence electrons. The van der Waals surface area contributed by atoms with Gasteiger partial charge in [0, 0.05) is 0 Å². The van der Waals surface area contributed by atoms with Gasteiger partial charge in [-0.3, -0.25) is 11.7 Å². The van der Waals surface area contributed by atoms with Gasteiger partial charge in [-0.25, -0.2) is 0 Å². The summed E-state index contributed by atoms with van der Waals surface area (Å²) in [6.07, 6.45) is 0. The molecule has 0 spiro atoms. The molecule has 0 amide bonds. The Morgan fingerprint density at radius 2 is 1.75 bits per heavy atom. The van der Waals surface area contributed by atoms with Gasteiger partial charge in [-0.2, -0.15) is 0 Å². The summed E-state index contributed by atoms with van der Waals surface area (Å²) in [6.45, 7) is 4.02. The minimum absolute atomic E-state index is 0.806. The highest BCUT2D eigenvalue weighted by atomic mass is 15.3. The van der Waals surface area contributed by atoms with Gasteiger partial charge in [-0.05, 0) is 31.0 Å². The lowest BCUT2D eigenvalue weighted by atomic mass is 10.1. The molecule has 0 heterocycles. The summed E-state index contributed by atoms with van der Waals surface area (Å²) in [5.74, 6) is 10.6. The molecule has 1 aromatic rings. The normalized spacial score (nSPS) is 9.67. The van der Waals surface area contributed by atoms with E-state index in [1.165, 1.54) is 5.56 Å². The highest BCUT2D eigenvalue weighted by Gasteiger charge is 2.04. The van der Waals surface area contributed by atoms with E-state index in [0.717, 1.165) is 16.9 Å². The molecule has 12 heavy (non-hydrogen) atoms. The molecular formula is C8H14N4. The van der Waals surface area contributed by atoms with E-state index in [0.29, 0.717) is 0 Å². The first-order valence-corrected chi connectivity index (χ1v) is 3.74. The van der Waals surface area contributed by atoms with E-state index in [1.54, 1.807) is 0 Å². The van der Waals surface area contributed by atoms with Crippen LogP contribution in [0.4, 0.5) is 11.4 Å². The standard InChI is InChI=1S/C8H14N4/c1-5-3-4-7(11-9)8(12-10)6(5)2/h3-4,11-12H,9-10H2,1-2H3. The van der Waals surface area contributed by atoms with Crippen molar-refractivity contribution >= 4 is 11.4 Å². The zero-order chi connectivity index (χ0) is 9.14. The minimum atomic E-state index is 0.806. The molecule has 0 aliphatic rings. The number of nitrogen functional groups attached to an aromatic ring is 2. The Bertz CT molecular complexity index is 283. The van der Waals surface area contributed by atoms with Gasteiger partial charge in [0.2, 0.25) is 0 Å².